The molecule has 1 aromatic carbocycles. The largest absolute Gasteiger partial charge is 0.508 e. The minimum atomic E-state index is -0.302. The van der Waals surface area contributed by atoms with Crippen molar-refractivity contribution in [2.45, 2.75) is 0 Å². The number of benzene rings is 1. The normalized spacial score (nSPS) is 11.6. The maximum absolute atomic E-state index is 12.3. The van der Waals surface area contributed by atoms with Gasteiger partial charge < -0.3 is 30.2 Å². The summed E-state index contributed by atoms with van der Waals surface area (Å²) in [5.41, 5.74) is 2.60. The highest BCUT2D eigenvalue weighted by Crippen LogP contribution is 2.51. The molecule has 0 atom stereocenters. The molecule has 1 aliphatic heterocycles. The predicted octanol–water partition coefficient (Wildman–Crippen LogP) is 3.00. The van der Waals surface area contributed by atoms with E-state index < -0.39 is 0 Å². The van der Waals surface area contributed by atoms with Crippen LogP contribution in [-0.2, 0) is 0 Å². The van der Waals surface area contributed by atoms with Crippen LogP contribution in [0.2, 0.25) is 0 Å². The lowest BCUT2D eigenvalue weighted by Crippen LogP contribution is -2.21. The molecule has 8 nitrogen and oxygen atoms in total. The summed E-state index contributed by atoms with van der Waals surface area (Å²) in [5.74, 6) is 0.852. The number of hydrogen-bond acceptors (Lipinski definition) is 6. The molecule has 8 heteroatoms. The maximum atomic E-state index is 12.3. The number of H-pyrrole nitrogens is 1. The van der Waals surface area contributed by atoms with Crippen LogP contribution >= 0.6 is 0 Å². The first-order chi connectivity index (χ1) is 12.6. The molecule has 0 spiro atoms. The number of pyridine rings is 1. The number of nitrogens with one attached hydrogen (secondary N) is 3. The molecule has 0 radical (unpaired) electrons. The lowest BCUT2D eigenvalue weighted by atomic mass is 10.1. The molecule has 2 aromatic heterocycles. The average molecular weight is 352 g/mol. The van der Waals surface area contributed by atoms with E-state index >= 15 is 0 Å². The average Bonchev–Trinajstić information content (AvgIpc) is 3.18. The third-order valence-electron chi connectivity index (χ3n) is 4.09. The summed E-state index contributed by atoms with van der Waals surface area (Å²) in [6, 6.07) is 6.63. The number of carbonyl (C=O) groups is 1. The highest BCUT2D eigenvalue weighted by atomic mass is 16.5. The molecule has 1 aliphatic rings. The van der Waals surface area contributed by atoms with Crippen LogP contribution in [0, 0.1) is 0 Å². The van der Waals surface area contributed by atoms with Crippen molar-refractivity contribution in [1.82, 2.24) is 15.3 Å². The molecule has 0 saturated heterocycles. The number of aromatic hydroxyl groups is 1. The number of phenols is 1. The number of aromatic amines is 1. The number of anilines is 2. The number of carbonyl (C=O) groups excluding carboxylic acids is 1. The number of fused-ring (bicyclic) bond motifs is 2. The third kappa shape index (κ3) is 2.39. The molecule has 0 unspecified atom stereocenters. The molecule has 26 heavy (non-hydrogen) atoms. The van der Waals surface area contributed by atoms with Crippen molar-refractivity contribution in [3.8, 4) is 34.4 Å². The third-order valence-corrected chi connectivity index (χ3v) is 4.09. The second-order valence-electron chi connectivity index (χ2n) is 5.64. The smallest absolute Gasteiger partial charge is 0.254 e. The highest BCUT2D eigenvalue weighted by Gasteiger charge is 2.29. The number of amides is 1. The van der Waals surface area contributed by atoms with E-state index in [0.29, 0.717) is 39.9 Å². The Morgan fingerprint density at radius 1 is 1.35 bits per heavy atom. The summed E-state index contributed by atoms with van der Waals surface area (Å²) in [7, 11) is 3.03. The Morgan fingerprint density at radius 3 is 2.88 bits per heavy atom. The van der Waals surface area contributed by atoms with E-state index in [-0.39, 0.29) is 11.7 Å². The molecule has 0 saturated carbocycles. The van der Waals surface area contributed by atoms with Gasteiger partial charge in [0.05, 0.1) is 24.1 Å². The first-order valence-corrected chi connectivity index (χ1v) is 7.87. The number of phenolic OH excluding ortho intramolecular Hbond substituents is 1. The Morgan fingerprint density at radius 2 is 2.19 bits per heavy atom. The van der Waals surface area contributed by atoms with E-state index in [4.69, 9.17) is 9.47 Å². The second kappa shape index (κ2) is 5.99. The van der Waals surface area contributed by atoms with Gasteiger partial charge in [0.1, 0.15) is 22.9 Å². The van der Waals surface area contributed by atoms with Crippen molar-refractivity contribution in [1.29, 1.82) is 0 Å². The number of aromatic nitrogens is 2. The van der Waals surface area contributed by atoms with Gasteiger partial charge in [-0.25, -0.2) is 4.98 Å². The van der Waals surface area contributed by atoms with Crippen LogP contribution in [0.5, 0.6) is 23.0 Å². The number of rotatable bonds is 3. The number of methoxy groups -OCH3 is 1. The van der Waals surface area contributed by atoms with Crippen LogP contribution < -0.4 is 20.1 Å². The lowest BCUT2D eigenvalue weighted by Gasteiger charge is -2.26. The van der Waals surface area contributed by atoms with Gasteiger partial charge in [-0.05, 0) is 12.1 Å². The molecule has 0 fully saturated rings. The zero-order valence-electron chi connectivity index (χ0n) is 14.1. The zero-order chi connectivity index (χ0) is 18.3. The fraction of sp³-hybridized carbons (Fsp3) is 0.111. The molecular formula is C18H16N4O4. The van der Waals surface area contributed by atoms with E-state index in [2.05, 4.69) is 20.6 Å². The molecule has 0 bridgehead atoms. The molecule has 3 aromatic rings. The van der Waals surface area contributed by atoms with Crippen molar-refractivity contribution in [2.75, 3.05) is 19.5 Å². The Bertz CT molecular complexity index is 999. The summed E-state index contributed by atoms with van der Waals surface area (Å²) in [6.07, 6.45) is 3.26. The summed E-state index contributed by atoms with van der Waals surface area (Å²) < 4.78 is 11.3. The van der Waals surface area contributed by atoms with Crippen LogP contribution in [-0.4, -0.2) is 35.1 Å². The monoisotopic (exact) mass is 352 g/mol. The van der Waals surface area contributed by atoms with E-state index in [9.17, 15) is 9.90 Å². The van der Waals surface area contributed by atoms with E-state index in [1.165, 1.54) is 25.4 Å². The highest BCUT2D eigenvalue weighted by molar-refractivity contribution is 6.04. The second-order valence-corrected chi connectivity index (χ2v) is 5.64. The van der Waals surface area contributed by atoms with Gasteiger partial charge in [-0.1, -0.05) is 0 Å². The minimum absolute atomic E-state index is 0.00249. The molecule has 1 amide bonds. The van der Waals surface area contributed by atoms with Crippen molar-refractivity contribution >= 4 is 17.3 Å². The van der Waals surface area contributed by atoms with Crippen LogP contribution in [0.4, 0.5) is 11.4 Å². The molecule has 4 rings (SSSR count). The zero-order valence-corrected chi connectivity index (χ0v) is 14.1. The number of hydrogen-bond donors (Lipinski definition) is 4. The van der Waals surface area contributed by atoms with Crippen LogP contribution in [0.3, 0.4) is 0 Å². The summed E-state index contributed by atoms with van der Waals surface area (Å²) in [5, 5.41) is 15.7. The van der Waals surface area contributed by atoms with Gasteiger partial charge in [0.2, 0.25) is 0 Å². The summed E-state index contributed by atoms with van der Waals surface area (Å²) >= 11 is 0. The van der Waals surface area contributed by atoms with Gasteiger partial charge in [-0.3, -0.25) is 4.79 Å². The Labute approximate surface area is 148 Å². The topological polar surface area (TPSA) is 109 Å². The van der Waals surface area contributed by atoms with Gasteiger partial charge in [-0.2, -0.15) is 0 Å². The van der Waals surface area contributed by atoms with Gasteiger partial charge in [0.15, 0.2) is 11.5 Å². The molecule has 132 valence electrons. The van der Waals surface area contributed by atoms with Crippen LogP contribution in [0.25, 0.3) is 11.4 Å². The molecular weight excluding hydrogens is 336 g/mol. The number of ether oxygens (including phenoxy) is 2. The van der Waals surface area contributed by atoms with E-state index in [0.717, 1.165) is 5.69 Å². The fourth-order valence-corrected chi connectivity index (χ4v) is 2.87. The molecule has 0 aliphatic carbocycles. The standard InChI is InChI=1S/C18H16N4O4/c1-19-18(24)10-8-21-15(11-4-3-5-20-11)17-14(10)22-16-12(25-2)6-9(23)7-13(16)26-17/h3-8,20,22-23H,1-2H3,(H,19,24). The Hall–Kier alpha value is -3.68. The number of nitrogens with zero attached hydrogens (tertiary/aromatic N) is 1. The van der Waals surface area contributed by atoms with Gasteiger partial charge in [0, 0.05) is 31.6 Å². The van der Waals surface area contributed by atoms with Crippen molar-refractivity contribution < 1.29 is 19.4 Å². The Balaban J connectivity index is 1.94. The SMILES string of the molecule is CNC(=O)c1cnc(-c2ccc[nH]2)c2c1Nc1c(OC)cc(O)cc1O2. The van der Waals surface area contributed by atoms with Gasteiger partial charge in [-0.15, -0.1) is 0 Å². The minimum Gasteiger partial charge on any atom is -0.508 e. The van der Waals surface area contributed by atoms with Crippen molar-refractivity contribution in [2.24, 2.45) is 0 Å². The van der Waals surface area contributed by atoms with Crippen LogP contribution in [0.15, 0.2) is 36.7 Å². The van der Waals surface area contributed by atoms with E-state index in [1.54, 1.807) is 13.2 Å². The van der Waals surface area contributed by atoms with Gasteiger partial charge in [0.25, 0.3) is 5.91 Å². The first kappa shape index (κ1) is 15.8. The summed E-state index contributed by atoms with van der Waals surface area (Å²) in [4.78, 5) is 19.7. The fourth-order valence-electron chi connectivity index (χ4n) is 2.87. The van der Waals surface area contributed by atoms with E-state index in [1.807, 2.05) is 12.1 Å². The quantitative estimate of drug-likeness (QED) is 0.422. The lowest BCUT2D eigenvalue weighted by molar-refractivity contribution is 0.0963. The predicted molar refractivity (Wildman–Crippen MR) is 95.4 cm³/mol. The van der Waals surface area contributed by atoms with Crippen LogP contribution in [0.1, 0.15) is 10.4 Å². The van der Waals surface area contributed by atoms with Gasteiger partial charge >= 0.3 is 0 Å². The Kier molecular flexibility index (Phi) is 3.65. The maximum Gasteiger partial charge on any atom is 0.254 e. The first-order valence-electron chi connectivity index (χ1n) is 7.87. The van der Waals surface area contributed by atoms with Crippen molar-refractivity contribution in [3.05, 3.63) is 42.2 Å². The summed E-state index contributed by atoms with van der Waals surface area (Å²) in [6.45, 7) is 0. The molecule has 4 N–H and O–H groups in total. The molecule has 3 heterocycles. The van der Waals surface area contributed by atoms with Crippen molar-refractivity contribution in [3.63, 3.8) is 0 Å².